The Kier molecular flexibility index (Phi) is 5.28. The molecule has 1 aliphatic heterocycles. The quantitative estimate of drug-likeness (QED) is 0.713. The van der Waals surface area contributed by atoms with Crippen molar-refractivity contribution in [1.29, 1.82) is 5.26 Å². The minimum atomic E-state index is -1.21. The number of nitrogens with two attached hydrogens (primary N) is 1. The number of aliphatic imine (C=N–C) groups is 1. The summed E-state index contributed by atoms with van der Waals surface area (Å²) in [6.07, 6.45) is 15.3. The van der Waals surface area contributed by atoms with Gasteiger partial charge >= 0.3 is 0 Å². The van der Waals surface area contributed by atoms with Gasteiger partial charge in [0.1, 0.15) is 6.17 Å². The maximum absolute atomic E-state index is 10.3. The van der Waals surface area contributed by atoms with Crippen LogP contribution in [0.4, 0.5) is 5.82 Å². The molecule has 164 valence electrons. The standard InChI is InChI=1S/C25H28N6O/c1-16-22(18-9-11-25(32,15-26)12-10-18)30-24-20(14-29-31(24)23(16)27)19-7-8-21(28-13-19)17-5-3-2-4-6-17/h2-5,7-8,13-14,16-18,23,32H,6,9-12,27H2,1H3. The van der Waals surface area contributed by atoms with Gasteiger partial charge in [0.05, 0.1) is 12.3 Å². The summed E-state index contributed by atoms with van der Waals surface area (Å²) in [6.45, 7) is 2.08. The molecular formula is C25H28N6O. The van der Waals surface area contributed by atoms with E-state index in [0.717, 1.165) is 47.6 Å². The normalized spacial score (nSPS) is 31.6. The SMILES string of the molecule is CC1C(C2CCC(O)(C#N)CC2)=Nc2c(-c3ccc(C4C=CC=CC4)nc3)cnn2C1N. The molecule has 2 aliphatic carbocycles. The minimum absolute atomic E-state index is 0.0418. The van der Waals surface area contributed by atoms with Crippen molar-refractivity contribution in [2.45, 2.75) is 56.7 Å². The minimum Gasteiger partial charge on any atom is -0.375 e. The first kappa shape index (κ1) is 20.8. The Hall–Kier alpha value is -3.08. The molecule has 0 spiro atoms. The second-order valence-corrected chi connectivity index (χ2v) is 9.19. The average Bonchev–Trinajstić information content (AvgIpc) is 3.27. The predicted octanol–water partition coefficient (Wildman–Crippen LogP) is 4.17. The number of hydrogen-bond donors (Lipinski definition) is 2. The van der Waals surface area contributed by atoms with Crippen LogP contribution in [0.3, 0.4) is 0 Å². The molecule has 3 N–H and O–H groups in total. The first-order valence-electron chi connectivity index (χ1n) is 11.3. The first-order valence-corrected chi connectivity index (χ1v) is 11.3. The molecule has 2 aromatic heterocycles. The molecule has 2 aromatic rings. The molecule has 0 aromatic carbocycles. The van der Waals surface area contributed by atoms with Crippen LogP contribution in [0.1, 0.15) is 56.8 Å². The van der Waals surface area contributed by atoms with E-state index in [-0.39, 0.29) is 18.0 Å². The van der Waals surface area contributed by atoms with Gasteiger partial charge in [-0.1, -0.05) is 37.3 Å². The summed E-state index contributed by atoms with van der Waals surface area (Å²) in [4.78, 5) is 9.76. The molecule has 5 rings (SSSR count). The molecule has 32 heavy (non-hydrogen) atoms. The third-order valence-electron chi connectivity index (χ3n) is 7.16. The molecule has 0 bridgehead atoms. The van der Waals surface area contributed by atoms with Crippen molar-refractivity contribution >= 4 is 11.5 Å². The van der Waals surface area contributed by atoms with Crippen LogP contribution in [-0.2, 0) is 0 Å². The van der Waals surface area contributed by atoms with Crippen molar-refractivity contribution in [3.8, 4) is 17.2 Å². The molecule has 3 heterocycles. The van der Waals surface area contributed by atoms with E-state index >= 15 is 0 Å². The molecule has 7 heteroatoms. The second kappa shape index (κ2) is 8.12. The number of nitriles is 1. The summed E-state index contributed by atoms with van der Waals surface area (Å²) in [5.74, 6) is 1.34. The summed E-state index contributed by atoms with van der Waals surface area (Å²) in [6, 6.07) is 6.21. The Morgan fingerprint density at radius 3 is 2.69 bits per heavy atom. The zero-order valence-electron chi connectivity index (χ0n) is 18.2. The van der Waals surface area contributed by atoms with Gasteiger partial charge in [-0.05, 0) is 44.1 Å². The van der Waals surface area contributed by atoms with Crippen LogP contribution in [-0.4, -0.2) is 31.2 Å². The third kappa shape index (κ3) is 3.60. The van der Waals surface area contributed by atoms with Gasteiger partial charge < -0.3 is 10.8 Å². The topological polar surface area (TPSA) is 113 Å². The van der Waals surface area contributed by atoms with Gasteiger partial charge in [-0.2, -0.15) is 10.4 Å². The van der Waals surface area contributed by atoms with Crippen LogP contribution in [0.5, 0.6) is 0 Å². The van der Waals surface area contributed by atoms with E-state index in [1.54, 1.807) is 4.68 Å². The van der Waals surface area contributed by atoms with E-state index in [0.29, 0.717) is 18.8 Å². The summed E-state index contributed by atoms with van der Waals surface area (Å²) < 4.78 is 1.81. The van der Waals surface area contributed by atoms with Crippen molar-refractivity contribution in [3.63, 3.8) is 0 Å². The molecule has 7 nitrogen and oxygen atoms in total. The fraction of sp³-hybridized carbons (Fsp3) is 0.440. The zero-order valence-corrected chi connectivity index (χ0v) is 18.2. The van der Waals surface area contributed by atoms with Crippen molar-refractivity contribution in [1.82, 2.24) is 14.8 Å². The maximum atomic E-state index is 10.3. The van der Waals surface area contributed by atoms with Crippen LogP contribution < -0.4 is 5.73 Å². The van der Waals surface area contributed by atoms with Crippen molar-refractivity contribution in [2.75, 3.05) is 0 Å². The van der Waals surface area contributed by atoms with Crippen LogP contribution in [0.2, 0.25) is 0 Å². The fourth-order valence-corrected chi connectivity index (χ4v) is 5.05. The molecule has 1 fully saturated rings. The summed E-state index contributed by atoms with van der Waals surface area (Å²) >= 11 is 0. The first-order chi connectivity index (χ1) is 15.5. The molecular weight excluding hydrogens is 400 g/mol. The van der Waals surface area contributed by atoms with Gasteiger partial charge in [0.25, 0.3) is 0 Å². The predicted molar refractivity (Wildman–Crippen MR) is 123 cm³/mol. The van der Waals surface area contributed by atoms with Gasteiger partial charge in [-0.3, -0.25) is 4.98 Å². The van der Waals surface area contributed by atoms with Crippen LogP contribution >= 0.6 is 0 Å². The summed E-state index contributed by atoms with van der Waals surface area (Å²) in [5.41, 5.74) is 9.36. The Morgan fingerprint density at radius 1 is 1.22 bits per heavy atom. The van der Waals surface area contributed by atoms with Gasteiger partial charge in [0.15, 0.2) is 11.4 Å². The molecule has 3 unspecified atom stereocenters. The summed E-state index contributed by atoms with van der Waals surface area (Å²) in [7, 11) is 0. The number of pyridine rings is 1. The molecule has 0 radical (unpaired) electrons. The Bertz CT molecular complexity index is 1130. The van der Waals surface area contributed by atoms with E-state index in [1.807, 2.05) is 12.4 Å². The van der Waals surface area contributed by atoms with E-state index in [9.17, 15) is 10.4 Å². The molecule has 0 amide bonds. The zero-order chi connectivity index (χ0) is 22.3. The number of rotatable bonds is 3. The van der Waals surface area contributed by atoms with E-state index in [2.05, 4.69) is 54.5 Å². The van der Waals surface area contributed by atoms with Gasteiger partial charge in [-0.15, -0.1) is 0 Å². The Labute approximate surface area is 188 Å². The fourth-order valence-electron chi connectivity index (χ4n) is 5.05. The number of hydrogen-bond acceptors (Lipinski definition) is 6. The third-order valence-corrected chi connectivity index (χ3v) is 7.16. The highest BCUT2D eigenvalue weighted by Crippen LogP contribution is 2.41. The Balaban J connectivity index is 1.44. The van der Waals surface area contributed by atoms with Crippen LogP contribution in [0.25, 0.3) is 11.1 Å². The van der Waals surface area contributed by atoms with Crippen molar-refractivity contribution < 1.29 is 5.11 Å². The number of aromatic nitrogens is 3. The number of nitrogens with zero attached hydrogens (tertiary/aromatic N) is 5. The largest absolute Gasteiger partial charge is 0.375 e. The second-order valence-electron chi connectivity index (χ2n) is 9.19. The maximum Gasteiger partial charge on any atom is 0.159 e. The van der Waals surface area contributed by atoms with E-state index in [1.165, 1.54) is 0 Å². The van der Waals surface area contributed by atoms with Gasteiger partial charge in [0, 0.05) is 40.6 Å². The van der Waals surface area contributed by atoms with Crippen LogP contribution in [0.15, 0.2) is 53.8 Å². The van der Waals surface area contributed by atoms with Gasteiger partial charge in [-0.25, -0.2) is 9.67 Å². The lowest BCUT2D eigenvalue weighted by molar-refractivity contribution is 0.0506. The van der Waals surface area contributed by atoms with Crippen molar-refractivity contribution in [2.24, 2.45) is 22.6 Å². The summed E-state index contributed by atoms with van der Waals surface area (Å²) in [5, 5.41) is 24.1. The Morgan fingerprint density at radius 2 is 2.03 bits per heavy atom. The lowest BCUT2D eigenvalue weighted by Crippen LogP contribution is -2.41. The van der Waals surface area contributed by atoms with Crippen molar-refractivity contribution in [3.05, 3.63) is 54.5 Å². The lowest BCUT2D eigenvalue weighted by atomic mass is 9.74. The number of allylic oxidation sites excluding steroid dienone is 4. The molecule has 3 aliphatic rings. The lowest BCUT2D eigenvalue weighted by Gasteiger charge is -2.36. The monoisotopic (exact) mass is 428 g/mol. The molecule has 1 saturated carbocycles. The smallest absolute Gasteiger partial charge is 0.159 e. The van der Waals surface area contributed by atoms with Gasteiger partial charge in [0.2, 0.25) is 0 Å². The molecule has 3 atom stereocenters. The van der Waals surface area contributed by atoms with E-state index < -0.39 is 5.60 Å². The average molecular weight is 429 g/mol. The highest BCUT2D eigenvalue weighted by molar-refractivity contribution is 5.94. The number of aliphatic hydroxyl groups is 1. The van der Waals surface area contributed by atoms with E-state index in [4.69, 9.17) is 15.7 Å². The number of fused-ring (bicyclic) bond motifs is 1. The molecule has 0 saturated heterocycles. The highest BCUT2D eigenvalue weighted by Gasteiger charge is 2.39. The van der Waals surface area contributed by atoms with Crippen LogP contribution in [0, 0.1) is 23.2 Å². The highest BCUT2D eigenvalue weighted by atomic mass is 16.3.